The number of rotatable bonds is 7. The van der Waals surface area contributed by atoms with Crippen molar-refractivity contribution in [2.45, 2.75) is 13.3 Å². The number of fused-ring (bicyclic) bond motifs is 1. The molecule has 5 rings (SSSR count). The molecule has 0 radical (unpaired) electrons. The highest BCUT2D eigenvalue weighted by Crippen LogP contribution is 2.38. The monoisotopic (exact) mass is 489 g/mol. The lowest BCUT2D eigenvalue weighted by Crippen LogP contribution is -2.43. The van der Waals surface area contributed by atoms with Crippen LogP contribution in [0.2, 0.25) is 0 Å². The molecule has 0 saturated carbocycles. The predicted octanol–water partition coefficient (Wildman–Crippen LogP) is 4.07. The zero-order valence-corrected chi connectivity index (χ0v) is 20.2. The van der Waals surface area contributed by atoms with Crippen molar-refractivity contribution < 1.29 is 13.9 Å². The Labute approximate surface area is 208 Å². The van der Waals surface area contributed by atoms with Crippen LogP contribution in [0.15, 0.2) is 54.9 Å². The lowest BCUT2D eigenvalue weighted by Gasteiger charge is -2.32. The topological polar surface area (TPSA) is 96.3 Å². The largest absolute Gasteiger partial charge is 0.494 e. The summed E-state index contributed by atoms with van der Waals surface area (Å²) in [5.41, 5.74) is 3.06. The van der Waals surface area contributed by atoms with Gasteiger partial charge < -0.3 is 30.2 Å². The number of nitrogens with one attached hydrogen (secondary N) is 3. The number of carbonyl (C=O) groups is 1. The predicted molar refractivity (Wildman–Crippen MR) is 139 cm³/mol. The second-order valence-electron chi connectivity index (χ2n) is 8.46. The van der Waals surface area contributed by atoms with Crippen LogP contribution in [0.5, 0.6) is 5.75 Å². The van der Waals surface area contributed by atoms with Crippen molar-refractivity contribution in [2.24, 2.45) is 0 Å². The molecule has 0 atom stereocenters. The Morgan fingerprint density at radius 2 is 1.97 bits per heavy atom. The Morgan fingerprint density at radius 1 is 1.14 bits per heavy atom. The van der Waals surface area contributed by atoms with Gasteiger partial charge in [-0.2, -0.15) is 4.98 Å². The summed E-state index contributed by atoms with van der Waals surface area (Å²) >= 11 is 0. The summed E-state index contributed by atoms with van der Waals surface area (Å²) in [6.45, 7) is 5.20. The molecule has 3 N–H and O–H groups in total. The van der Waals surface area contributed by atoms with Gasteiger partial charge in [0.15, 0.2) is 0 Å². The molecule has 2 aromatic heterocycles. The number of benzene rings is 2. The Bertz CT molecular complexity index is 1400. The normalized spacial score (nSPS) is 13.6. The Balaban J connectivity index is 1.50. The van der Waals surface area contributed by atoms with E-state index in [1.54, 1.807) is 25.4 Å². The van der Waals surface area contributed by atoms with E-state index >= 15 is 0 Å². The fraction of sp³-hybridized carbons (Fsp3) is 0.269. The Morgan fingerprint density at radius 3 is 2.75 bits per heavy atom. The smallest absolute Gasteiger partial charge is 0.229 e. The highest BCUT2D eigenvalue weighted by molar-refractivity contribution is 5.96. The van der Waals surface area contributed by atoms with E-state index in [0.29, 0.717) is 35.3 Å². The van der Waals surface area contributed by atoms with Crippen LogP contribution in [0.1, 0.15) is 13.3 Å². The van der Waals surface area contributed by atoms with Gasteiger partial charge in [-0.25, -0.2) is 9.37 Å². The van der Waals surface area contributed by atoms with Gasteiger partial charge in [0.1, 0.15) is 17.4 Å². The number of nitrogens with zero attached hydrogens (tertiary/aromatic N) is 4. The number of aromatic nitrogens is 3. The number of piperazine rings is 1. The van der Waals surface area contributed by atoms with Gasteiger partial charge in [0.2, 0.25) is 11.9 Å². The first kappa shape index (κ1) is 23.6. The van der Waals surface area contributed by atoms with Crippen LogP contribution in [0, 0.1) is 5.82 Å². The maximum Gasteiger partial charge on any atom is 0.229 e. The quantitative estimate of drug-likeness (QED) is 0.360. The van der Waals surface area contributed by atoms with Crippen molar-refractivity contribution in [1.29, 1.82) is 0 Å². The van der Waals surface area contributed by atoms with E-state index in [4.69, 9.17) is 4.74 Å². The summed E-state index contributed by atoms with van der Waals surface area (Å²) in [7, 11) is 1.61. The molecular weight excluding hydrogens is 461 g/mol. The number of methoxy groups -OCH3 is 1. The number of halogens is 1. The van der Waals surface area contributed by atoms with E-state index in [1.165, 1.54) is 12.1 Å². The van der Waals surface area contributed by atoms with Gasteiger partial charge in [-0.15, -0.1) is 0 Å². The van der Waals surface area contributed by atoms with Gasteiger partial charge in [-0.05, 0) is 36.4 Å². The maximum atomic E-state index is 13.6. The summed E-state index contributed by atoms with van der Waals surface area (Å²) in [4.78, 5) is 23.6. The van der Waals surface area contributed by atoms with E-state index in [2.05, 4.69) is 30.8 Å². The van der Waals surface area contributed by atoms with Crippen LogP contribution in [0.3, 0.4) is 0 Å². The Hall–Kier alpha value is -4.18. The molecule has 186 valence electrons. The minimum Gasteiger partial charge on any atom is -0.494 e. The molecule has 36 heavy (non-hydrogen) atoms. The van der Waals surface area contributed by atoms with Gasteiger partial charge in [0.05, 0.1) is 29.7 Å². The third kappa shape index (κ3) is 4.80. The number of amides is 1. The second kappa shape index (κ2) is 10.2. The van der Waals surface area contributed by atoms with Crippen LogP contribution in [-0.4, -0.2) is 53.7 Å². The van der Waals surface area contributed by atoms with E-state index in [9.17, 15) is 9.18 Å². The molecule has 0 spiro atoms. The highest BCUT2D eigenvalue weighted by Gasteiger charge is 2.20. The first-order valence-corrected chi connectivity index (χ1v) is 11.9. The minimum atomic E-state index is -0.285. The van der Waals surface area contributed by atoms with Crippen LogP contribution in [-0.2, 0) is 4.79 Å². The molecule has 1 saturated heterocycles. The van der Waals surface area contributed by atoms with Gasteiger partial charge in [-0.3, -0.25) is 4.79 Å². The van der Waals surface area contributed by atoms with E-state index in [-0.39, 0.29) is 11.7 Å². The first-order valence-electron chi connectivity index (χ1n) is 11.9. The maximum absolute atomic E-state index is 13.6. The van der Waals surface area contributed by atoms with Crippen LogP contribution < -0.4 is 25.6 Å². The fourth-order valence-electron chi connectivity index (χ4n) is 4.32. The van der Waals surface area contributed by atoms with Crippen molar-refractivity contribution in [3.63, 3.8) is 0 Å². The molecule has 0 bridgehead atoms. The lowest BCUT2D eigenvalue weighted by atomic mass is 10.1. The molecule has 0 aliphatic carbocycles. The average molecular weight is 490 g/mol. The summed E-state index contributed by atoms with van der Waals surface area (Å²) in [5.74, 6) is 1.24. The molecule has 9 nitrogen and oxygen atoms in total. The van der Waals surface area contributed by atoms with Gasteiger partial charge in [-0.1, -0.05) is 6.92 Å². The Kier molecular flexibility index (Phi) is 6.68. The van der Waals surface area contributed by atoms with Crippen molar-refractivity contribution in [2.75, 3.05) is 48.8 Å². The second-order valence-corrected chi connectivity index (χ2v) is 8.46. The summed E-state index contributed by atoms with van der Waals surface area (Å²) < 4.78 is 21.2. The van der Waals surface area contributed by atoms with Gasteiger partial charge in [0, 0.05) is 56.4 Å². The standard InChI is InChI=1S/C26H28FN7O2/c1-3-25(35)30-19-15-20(23(36-2)16-22(19)33-12-9-28-10-13-33)31-26-29-8-6-24(32-26)34-11-7-17-14-18(27)4-5-21(17)34/h4-8,11,14-16,28H,3,9-10,12-13H2,1-2H3,(H,30,35)(H,29,31,32). The zero-order chi connectivity index (χ0) is 25.1. The SMILES string of the molecule is CCC(=O)Nc1cc(Nc2nccc(-n3ccc4cc(F)ccc43)n2)c(OC)cc1N1CCNCC1. The fourth-order valence-corrected chi connectivity index (χ4v) is 4.32. The van der Waals surface area contributed by atoms with Crippen molar-refractivity contribution in [3.05, 3.63) is 60.7 Å². The molecule has 0 unspecified atom stereocenters. The molecule has 1 amide bonds. The molecular formula is C26H28FN7O2. The summed E-state index contributed by atoms with van der Waals surface area (Å²) in [6, 6.07) is 12.0. The minimum absolute atomic E-state index is 0.0725. The van der Waals surface area contributed by atoms with E-state index in [1.807, 2.05) is 35.9 Å². The molecule has 2 aromatic carbocycles. The van der Waals surface area contributed by atoms with Crippen LogP contribution in [0.4, 0.5) is 27.4 Å². The molecule has 10 heteroatoms. The highest BCUT2D eigenvalue weighted by atomic mass is 19.1. The third-order valence-electron chi connectivity index (χ3n) is 6.16. The summed E-state index contributed by atoms with van der Waals surface area (Å²) in [5, 5.41) is 10.4. The first-order chi connectivity index (χ1) is 17.6. The van der Waals surface area contributed by atoms with Crippen molar-refractivity contribution in [1.82, 2.24) is 19.9 Å². The number of carbonyl (C=O) groups excluding carboxylic acids is 1. The van der Waals surface area contributed by atoms with E-state index in [0.717, 1.165) is 42.8 Å². The average Bonchev–Trinajstić information content (AvgIpc) is 3.32. The van der Waals surface area contributed by atoms with Crippen LogP contribution >= 0.6 is 0 Å². The number of ether oxygens (including phenoxy) is 1. The van der Waals surface area contributed by atoms with Gasteiger partial charge in [0.25, 0.3) is 0 Å². The van der Waals surface area contributed by atoms with Crippen LogP contribution in [0.25, 0.3) is 16.7 Å². The summed E-state index contributed by atoms with van der Waals surface area (Å²) in [6.07, 6.45) is 3.87. The molecule has 4 aromatic rings. The van der Waals surface area contributed by atoms with Crippen molar-refractivity contribution >= 4 is 39.8 Å². The van der Waals surface area contributed by atoms with Gasteiger partial charge >= 0.3 is 0 Å². The number of hydrogen-bond acceptors (Lipinski definition) is 7. The molecule has 1 aliphatic heterocycles. The molecule has 3 heterocycles. The zero-order valence-electron chi connectivity index (χ0n) is 20.2. The van der Waals surface area contributed by atoms with Crippen molar-refractivity contribution in [3.8, 4) is 11.6 Å². The third-order valence-corrected chi connectivity index (χ3v) is 6.16. The molecule has 1 aliphatic rings. The lowest BCUT2D eigenvalue weighted by molar-refractivity contribution is -0.115. The molecule has 1 fully saturated rings. The van der Waals surface area contributed by atoms with E-state index < -0.39 is 0 Å². The number of hydrogen-bond donors (Lipinski definition) is 3. The number of anilines is 4.